The highest BCUT2D eigenvalue weighted by atomic mass is 32.2. The summed E-state index contributed by atoms with van der Waals surface area (Å²) in [6.07, 6.45) is 10.8. The molecule has 0 amide bonds. The van der Waals surface area contributed by atoms with Crippen molar-refractivity contribution in [1.29, 1.82) is 0 Å². The predicted octanol–water partition coefficient (Wildman–Crippen LogP) is 3.86. The van der Waals surface area contributed by atoms with Gasteiger partial charge in [0.25, 0.3) is 0 Å². The Labute approximate surface area is 136 Å². The van der Waals surface area contributed by atoms with E-state index in [0.29, 0.717) is 0 Å². The van der Waals surface area contributed by atoms with Crippen LogP contribution in [0.1, 0.15) is 25.7 Å². The molecule has 2 aliphatic heterocycles. The molecule has 3 nitrogen and oxygen atoms in total. The molecule has 1 aromatic heterocycles. The molecule has 2 saturated heterocycles. The van der Waals surface area contributed by atoms with Gasteiger partial charge >= 0.3 is 0 Å². The highest BCUT2D eigenvalue weighted by molar-refractivity contribution is 8.00. The molecule has 2 bridgehead atoms. The lowest BCUT2D eigenvalue weighted by molar-refractivity contribution is 0.183. The van der Waals surface area contributed by atoms with E-state index in [2.05, 4.69) is 57.9 Å². The van der Waals surface area contributed by atoms with Gasteiger partial charge < -0.3 is 4.90 Å². The molecule has 114 valence electrons. The Morgan fingerprint density at radius 1 is 0.955 bits per heavy atom. The molecule has 0 saturated carbocycles. The SMILES string of the molecule is CN1C2CCC1CC(Sc1ccc(-c3cncnc3)cc1)C2. The minimum Gasteiger partial charge on any atom is -0.300 e. The fourth-order valence-corrected chi connectivity index (χ4v) is 5.14. The largest absolute Gasteiger partial charge is 0.300 e. The van der Waals surface area contributed by atoms with Gasteiger partial charge in [-0.3, -0.25) is 0 Å². The Kier molecular flexibility index (Phi) is 3.89. The predicted molar refractivity (Wildman–Crippen MR) is 90.9 cm³/mol. The van der Waals surface area contributed by atoms with Crippen LogP contribution in [0.3, 0.4) is 0 Å². The van der Waals surface area contributed by atoms with Gasteiger partial charge in [0, 0.05) is 40.2 Å². The second-order valence-electron chi connectivity index (χ2n) is 6.41. The first kappa shape index (κ1) is 14.2. The van der Waals surface area contributed by atoms with Crippen molar-refractivity contribution in [3.63, 3.8) is 0 Å². The zero-order chi connectivity index (χ0) is 14.9. The van der Waals surface area contributed by atoms with Crippen LogP contribution in [-0.4, -0.2) is 39.2 Å². The summed E-state index contributed by atoms with van der Waals surface area (Å²) in [5, 5.41) is 0.777. The van der Waals surface area contributed by atoms with Gasteiger partial charge in [0.05, 0.1) is 0 Å². The lowest BCUT2D eigenvalue weighted by Gasteiger charge is -2.36. The average Bonchev–Trinajstić information content (AvgIpc) is 2.78. The van der Waals surface area contributed by atoms with Crippen LogP contribution in [0, 0.1) is 0 Å². The van der Waals surface area contributed by atoms with Gasteiger partial charge in [-0.1, -0.05) is 12.1 Å². The van der Waals surface area contributed by atoms with Crippen molar-refractivity contribution < 1.29 is 0 Å². The number of rotatable bonds is 3. The molecule has 2 unspecified atom stereocenters. The van der Waals surface area contributed by atoms with Gasteiger partial charge in [0.1, 0.15) is 6.33 Å². The Morgan fingerprint density at radius 3 is 2.23 bits per heavy atom. The van der Waals surface area contributed by atoms with E-state index in [1.54, 1.807) is 6.33 Å². The van der Waals surface area contributed by atoms with E-state index < -0.39 is 0 Å². The first-order valence-corrected chi connectivity index (χ1v) is 8.91. The van der Waals surface area contributed by atoms with Crippen molar-refractivity contribution in [2.45, 2.75) is 47.9 Å². The molecule has 4 heteroatoms. The van der Waals surface area contributed by atoms with Crippen molar-refractivity contribution >= 4 is 11.8 Å². The Balaban J connectivity index is 1.44. The summed E-state index contributed by atoms with van der Waals surface area (Å²) in [7, 11) is 2.31. The number of hydrogen-bond donors (Lipinski definition) is 0. The maximum atomic E-state index is 4.09. The van der Waals surface area contributed by atoms with Gasteiger partial charge in [-0.2, -0.15) is 0 Å². The van der Waals surface area contributed by atoms with Crippen LogP contribution in [0.4, 0.5) is 0 Å². The van der Waals surface area contributed by atoms with Crippen LogP contribution >= 0.6 is 11.8 Å². The minimum atomic E-state index is 0.777. The second kappa shape index (κ2) is 6.01. The summed E-state index contributed by atoms with van der Waals surface area (Å²) >= 11 is 2.06. The van der Waals surface area contributed by atoms with Crippen LogP contribution in [0.25, 0.3) is 11.1 Å². The maximum absolute atomic E-state index is 4.09. The van der Waals surface area contributed by atoms with Gasteiger partial charge in [-0.05, 0) is 50.4 Å². The van der Waals surface area contributed by atoms with Crippen LogP contribution < -0.4 is 0 Å². The zero-order valence-corrected chi connectivity index (χ0v) is 13.7. The molecular weight excluding hydrogens is 290 g/mol. The van der Waals surface area contributed by atoms with E-state index in [-0.39, 0.29) is 0 Å². The first-order valence-electron chi connectivity index (χ1n) is 8.03. The normalized spacial score (nSPS) is 28.0. The van der Waals surface area contributed by atoms with Gasteiger partial charge in [-0.25, -0.2) is 9.97 Å². The molecule has 3 heterocycles. The summed E-state index contributed by atoms with van der Waals surface area (Å²) in [6, 6.07) is 10.5. The molecule has 2 fully saturated rings. The zero-order valence-electron chi connectivity index (χ0n) is 12.9. The first-order chi connectivity index (χ1) is 10.8. The monoisotopic (exact) mass is 311 g/mol. The third-order valence-corrected chi connectivity index (χ3v) is 6.37. The van der Waals surface area contributed by atoms with Gasteiger partial charge in [0.15, 0.2) is 0 Å². The molecular formula is C18H21N3S. The molecule has 2 aliphatic rings. The number of fused-ring (bicyclic) bond motifs is 2. The Bertz CT molecular complexity index is 615. The summed E-state index contributed by atoms with van der Waals surface area (Å²) in [6.45, 7) is 0. The van der Waals surface area contributed by atoms with Crippen LogP contribution in [0.2, 0.25) is 0 Å². The van der Waals surface area contributed by atoms with Crippen molar-refractivity contribution in [2.24, 2.45) is 0 Å². The summed E-state index contributed by atoms with van der Waals surface area (Å²) in [5.41, 5.74) is 2.27. The van der Waals surface area contributed by atoms with E-state index in [1.165, 1.54) is 36.1 Å². The van der Waals surface area contributed by atoms with E-state index in [1.807, 2.05) is 12.4 Å². The van der Waals surface area contributed by atoms with Crippen LogP contribution in [0.15, 0.2) is 47.9 Å². The Hall–Kier alpha value is -1.39. The maximum Gasteiger partial charge on any atom is 0.115 e. The van der Waals surface area contributed by atoms with Gasteiger partial charge in [-0.15, -0.1) is 11.8 Å². The molecule has 2 atom stereocenters. The summed E-state index contributed by atoms with van der Waals surface area (Å²) in [4.78, 5) is 12.2. The second-order valence-corrected chi connectivity index (χ2v) is 7.79. The quantitative estimate of drug-likeness (QED) is 0.860. The molecule has 0 N–H and O–H groups in total. The number of benzene rings is 1. The van der Waals surface area contributed by atoms with E-state index in [0.717, 1.165) is 22.9 Å². The number of hydrogen-bond acceptors (Lipinski definition) is 4. The highest BCUT2D eigenvalue weighted by Gasteiger charge is 2.38. The number of thioether (sulfide) groups is 1. The highest BCUT2D eigenvalue weighted by Crippen LogP contribution is 2.41. The molecule has 0 aliphatic carbocycles. The van der Waals surface area contributed by atoms with Crippen molar-refractivity contribution in [2.75, 3.05) is 7.05 Å². The number of nitrogens with zero attached hydrogens (tertiary/aromatic N) is 3. The Morgan fingerprint density at radius 2 is 1.59 bits per heavy atom. The molecule has 22 heavy (non-hydrogen) atoms. The summed E-state index contributed by atoms with van der Waals surface area (Å²) < 4.78 is 0. The van der Waals surface area contributed by atoms with E-state index in [4.69, 9.17) is 0 Å². The minimum absolute atomic E-state index is 0.777. The van der Waals surface area contributed by atoms with Gasteiger partial charge in [0.2, 0.25) is 0 Å². The van der Waals surface area contributed by atoms with Crippen molar-refractivity contribution in [3.05, 3.63) is 43.0 Å². The van der Waals surface area contributed by atoms with Crippen molar-refractivity contribution in [1.82, 2.24) is 14.9 Å². The van der Waals surface area contributed by atoms with E-state index in [9.17, 15) is 0 Å². The van der Waals surface area contributed by atoms with Crippen molar-refractivity contribution in [3.8, 4) is 11.1 Å². The topological polar surface area (TPSA) is 29.0 Å². The average molecular weight is 311 g/mol. The molecule has 1 aromatic carbocycles. The van der Waals surface area contributed by atoms with Crippen LogP contribution in [-0.2, 0) is 0 Å². The lowest BCUT2D eigenvalue weighted by atomic mass is 10.0. The third kappa shape index (κ3) is 2.77. The molecule has 2 aromatic rings. The lowest BCUT2D eigenvalue weighted by Crippen LogP contribution is -2.40. The third-order valence-electron chi connectivity index (χ3n) is 5.11. The fraction of sp³-hybridized carbons (Fsp3) is 0.444. The standard InChI is InChI=1S/C18H21N3S/c1-21-15-4-5-16(21)9-18(8-15)22-17-6-2-13(3-7-17)14-10-19-12-20-11-14/h2-3,6-7,10-12,15-16,18H,4-5,8-9H2,1H3. The summed E-state index contributed by atoms with van der Waals surface area (Å²) in [5.74, 6) is 0. The molecule has 0 radical (unpaired) electrons. The van der Waals surface area contributed by atoms with E-state index >= 15 is 0 Å². The number of piperidine rings is 1. The smallest absolute Gasteiger partial charge is 0.115 e. The molecule has 0 spiro atoms. The number of aromatic nitrogens is 2. The fourth-order valence-electron chi connectivity index (χ4n) is 3.82. The molecule has 4 rings (SSSR count). The van der Waals surface area contributed by atoms with Crippen LogP contribution in [0.5, 0.6) is 0 Å².